The van der Waals surface area contributed by atoms with E-state index in [4.69, 9.17) is 6.42 Å². The molecule has 0 bridgehead atoms. The smallest absolute Gasteiger partial charge is 0.279 e. The first-order valence-electron chi connectivity index (χ1n) is 9.09. The summed E-state index contributed by atoms with van der Waals surface area (Å²) >= 11 is 1.27. The number of carbonyl (C=O) groups is 2. The largest absolute Gasteiger partial charge is 0.326 e. The predicted molar refractivity (Wildman–Crippen MR) is 120 cm³/mol. The molecular formula is C21H20N4O4S2. The molecule has 0 saturated heterocycles. The highest BCUT2D eigenvalue weighted by atomic mass is 32.2. The molecule has 0 aliphatic carbocycles. The number of rotatable bonds is 5. The second kappa shape index (κ2) is 8.85. The number of terminal acetylenes is 1. The van der Waals surface area contributed by atoms with Crippen molar-refractivity contribution in [1.82, 2.24) is 8.87 Å². The summed E-state index contributed by atoms with van der Waals surface area (Å²) in [7, 11) is -0.711. The van der Waals surface area contributed by atoms with Crippen molar-refractivity contribution in [2.75, 3.05) is 19.4 Å². The predicted octanol–water partition coefficient (Wildman–Crippen LogP) is 2.29. The Morgan fingerprint density at radius 1 is 1.19 bits per heavy atom. The van der Waals surface area contributed by atoms with Crippen LogP contribution in [0.15, 0.2) is 52.4 Å². The molecule has 1 aromatic heterocycles. The maximum Gasteiger partial charge on any atom is 0.279 e. The number of amides is 2. The summed E-state index contributed by atoms with van der Waals surface area (Å²) in [6, 6.07) is 10.9. The van der Waals surface area contributed by atoms with Crippen molar-refractivity contribution in [3.8, 4) is 12.3 Å². The summed E-state index contributed by atoms with van der Waals surface area (Å²) in [6.07, 6.45) is 5.49. The average Bonchev–Trinajstić information content (AvgIpc) is 3.04. The van der Waals surface area contributed by atoms with Crippen LogP contribution in [0.25, 0.3) is 10.2 Å². The molecule has 2 amide bonds. The van der Waals surface area contributed by atoms with Crippen molar-refractivity contribution in [3.63, 3.8) is 0 Å². The van der Waals surface area contributed by atoms with Crippen LogP contribution in [0.1, 0.15) is 17.3 Å². The van der Waals surface area contributed by atoms with Gasteiger partial charge in [0.2, 0.25) is 15.9 Å². The summed E-state index contributed by atoms with van der Waals surface area (Å²) in [5, 5.41) is 2.72. The molecule has 3 aromatic rings. The molecule has 1 heterocycles. The monoisotopic (exact) mass is 456 g/mol. The van der Waals surface area contributed by atoms with Gasteiger partial charge in [-0.25, -0.2) is 12.7 Å². The highest BCUT2D eigenvalue weighted by Crippen LogP contribution is 2.22. The maximum absolute atomic E-state index is 12.7. The third-order valence-electron chi connectivity index (χ3n) is 4.33. The molecule has 0 atom stereocenters. The molecule has 0 fully saturated rings. The number of nitrogens with zero attached hydrogens (tertiary/aromatic N) is 3. The van der Waals surface area contributed by atoms with Crippen molar-refractivity contribution in [3.05, 3.63) is 52.8 Å². The van der Waals surface area contributed by atoms with E-state index in [0.717, 1.165) is 14.5 Å². The van der Waals surface area contributed by atoms with E-state index in [0.29, 0.717) is 10.5 Å². The summed E-state index contributed by atoms with van der Waals surface area (Å²) < 4.78 is 28.0. The third-order valence-corrected chi connectivity index (χ3v) is 7.20. The molecule has 0 unspecified atom stereocenters. The number of sulfonamides is 1. The minimum Gasteiger partial charge on any atom is -0.326 e. The van der Waals surface area contributed by atoms with E-state index in [-0.39, 0.29) is 22.9 Å². The fraction of sp³-hybridized carbons (Fsp3) is 0.190. The Morgan fingerprint density at radius 2 is 1.87 bits per heavy atom. The summed E-state index contributed by atoms with van der Waals surface area (Å²) in [6.45, 7) is 1.64. The number of benzene rings is 2. The third kappa shape index (κ3) is 4.74. The zero-order chi connectivity index (χ0) is 22.8. The van der Waals surface area contributed by atoms with Crippen LogP contribution in [0.5, 0.6) is 0 Å². The maximum atomic E-state index is 12.7. The summed E-state index contributed by atoms with van der Waals surface area (Å²) in [4.78, 5) is 28.7. The highest BCUT2D eigenvalue weighted by Gasteiger charge is 2.17. The lowest BCUT2D eigenvalue weighted by Crippen LogP contribution is -2.22. The van der Waals surface area contributed by atoms with Crippen LogP contribution in [0.4, 0.5) is 5.69 Å². The standard InChI is InChI=1S/C21H20N4O4S2/c1-5-12-25-18-11-8-16(22-14(2)26)13-19(18)30-21(25)23-20(27)15-6-9-17(10-7-15)31(28,29)24(3)4/h1,6-11,13H,12H2,2-4H3,(H,22,26). The van der Waals surface area contributed by atoms with Gasteiger partial charge in [-0.05, 0) is 42.5 Å². The molecule has 3 rings (SSSR count). The number of aromatic nitrogens is 1. The fourth-order valence-electron chi connectivity index (χ4n) is 2.82. The zero-order valence-corrected chi connectivity index (χ0v) is 18.8. The van der Waals surface area contributed by atoms with Gasteiger partial charge >= 0.3 is 0 Å². The van der Waals surface area contributed by atoms with Gasteiger partial charge in [0.1, 0.15) is 0 Å². The Kier molecular flexibility index (Phi) is 6.40. The van der Waals surface area contributed by atoms with Crippen molar-refractivity contribution in [2.45, 2.75) is 18.4 Å². The van der Waals surface area contributed by atoms with E-state index in [1.807, 2.05) is 0 Å². The van der Waals surface area contributed by atoms with Crippen molar-refractivity contribution >= 4 is 49.1 Å². The van der Waals surface area contributed by atoms with Crippen LogP contribution in [0.3, 0.4) is 0 Å². The number of anilines is 1. The van der Waals surface area contributed by atoms with Gasteiger partial charge in [0.05, 0.1) is 21.7 Å². The summed E-state index contributed by atoms with van der Waals surface area (Å²) in [5.41, 5.74) is 1.67. The van der Waals surface area contributed by atoms with E-state index in [1.54, 1.807) is 22.8 Å². The minimum absolute atomic E-state index is 0.0869. The van der Waals surface area contributed by atoms with Crippen LogP contribution in [0, 0.1) is 12.3 Å². The number of hydrogen-bond donors (Lipinski definition) is 1. The van der Waals surface area contributed by atoms with Gasteiger partial charge in [0.15, 0.2) is 4.80 Å². The average molecular weight is 457 g/mol. The van der Waals surface area contributed by atoms with Gasteiger partial charge in [0.25, 0.3) is 5.91 Å². The Balaban J connectivity index is 2.02. The first-order valence-corrected chi connectivity index (χ1v) is 11.3. The van der Waals surface area contributed by atoms with E-state index in [9.17, 15) is 18.0 Å². The molecule has 0 spiro atoms. The van der Waals surface area contributed by atoms with Crippen LogP contribution in [-0.4, -0.2) is 43.2 Å². The summed E-state index contributed by atoms with van der Waals surface area (Å²) in [5.74, 6) is 1.85. The lowest BCUT2D eigenvalue weighted by Gasteiger charge is -2.11. The molecular weight excluding hydrogens is 436 g/mol. The van der Waals surface area contributed by atoms with Crippen LogP contribution in [-0.2, 0) is 21.4 Å². The Labute approximate surface area is 183 Å². The first kappa shape index (κ1) is 22.4. The number of hydrogen-bond acceptors (Lipinski definition) is 5. The van der Waals surface area contributed by atoms with Crippen LogP contribution < -0.4 is 10.1 Å². The molecule has 1 N–H and O–H groups in total. The lowest BCUT2D eigenvalue weighted by atomic mass is 10.2. The van der Waals surface area contributed by atoms with Gasteiger partial charge in [-0.1, -0.05) is 17.3 Å². The molecule has 0 saturated carbocycles. The van der Waals surface area contributed by atoms with E-state index in [2.05, 4.69) is 16.2 Å². The molecule has 0 aliphatic heterocycles. The topological polar surface area (TPSA) is 101 Å². The lowest BCUT2D eigenvalue weighted by molar-refractivity contribution is -0.114. The Morgan fingerprint density at radius 3 is 2.45 bits per heavy atom. The van der Waals surface area contributed by atoms with Gasteiger partial charge in [-0.3, -0.25) is 9.59 Å². The highest BCUT2D eigenvalue weighted by molar-refractivity contribution is 7.89. The number of carbonyl (C=O) groups excluding carboxylic acids is 2. The number of thiazole rings is 1. The Bertz CT molecular complexity index is 1380. The molecule has 160 valence electrons. The van der Waals surface area contributed by atoms with Crippen LogP contribution in [0.2, 0.25) is 0 Å². The van der Waals surface area contributed by atoms with E-state index in [1.165, 1.54) is 56.6 Å². The van der Waals surface area contributed by atoms with Gasteiger partial charge < -0.3 is 9.88 Å². The van der Waals surface area contributed by atoms with Crippen molar-refractivity contribution in [1.29, 1.82) is 0 Å². The molecule has 10 heteroatoms. The second-order valence-corrected chi connectivity index (χ2v) is 9.93. The molecule has 2 aromatic carbocycles. The normalized spacial score (nSPS) is 12.2. The zero-order valence-electron chi connectivity index (χ0n) is 17.1. The van der Waals surface area contributed by atoms with Crippen molar-refractivity contribution in [2.24, 2.45) is 4.99 Å². The van der Waals surface area contributed by atoms with E-state index < -0.39 is 15.9 Å². The fourth-order valence-corrected chi connectivity index (χ4v) is 4.78. The minimum atomic E-state index is -3.59. The van der Waals surface area contributed by atoms with Gasteiger partial charge in [-0.15, -0.1) is 6.42 Å². The molecule has 0 radical (unpaired) electrons. The number of nitrogens with one attached hydrogen (secondary N) is 1. The van der Waals surface area contributed by atoms with Crippen LogP contribution >= 0.6 is 11.3 Å². The Hall–Kier alpha value is -3.26. The first-order chi connectivity index (χ1) is 14.6. The van der Waals surface area contributed by atoms with E-state index >= 15 is 0 Å². The molecule has 8 nitrogen and oxygen atoms in total. The molecule has 0 aliphatic rings. The van der Waals surface area contributed by atoms with Gasteiger partial charge in [0, 0.05) is 32.3 Å². The quantitative estimate of drug-likeness (QED) is 0.595. The van der Waals surface area contributed by atoms with Crippen molar-refractivity contribution < 1.29 is 18.0 Å². The SMILES string of the molecule is C#CCn1c(=NC(=O)c2ccc(S(=O)(=O)N(C)C)cc2)sc2cc(NC(C)=O)ccc21. The van der Waals surface area contributed by atoms with Gasteiger partial charge in [-0.2, -0.15) is 4.99 Å². The molecule has 31 heavy (non-hydrogen) atoms. The second-order valence-electron chi connectivity index (χ2n) is 6.77. The number of fused-ring (bicyclic) bond motifs is 1.